The van der Waals surface area contributed by atoms with Crippen LogP contribution in [0.4, 0.5) is 5.69 Å². The summed E-state index contributed by atoms with van der Waals surface area (Å²) < 4.78 is 0.522. The molecule has 0 aliphatic carbocycles. The average Bonchev–Trinajstić information content (AvgIpc) is 2.47. The number of non-ortho nitro benzene ring substituents is 1. The van der Waals surface area contributed by atoms with E-state index in [4.69, 9.17) is 0 Å². The van der Waals surface area contributed by atoms with Crippen LogP contribution in [0.15, 0.2) is 22.7 Å². The van der Waals surface area contributed by atoms with E-state index in [-0.39, 0.29) is 30.0 Å². The first-order valence-corrected chi connectivity index (χ1v) is 7.73. The standard InChI is InChI=1S/C14H18BrN3O3.ClH/c1-9(10-3-2-4-16-8-10)17-14(19)11-5-12(15)7-13(6-11)18(20)21;/h5-7,9-10,16H,2-4,8H2,1H3,(H,17,19);1H. The molecule has 2 unspecified atom stereocenters. The minimum atomic E-state index is -0.504. The Morgan fingerprint density at radius 3 is 2.82 bits per heavy atom. The molecule has 0 spiro atoms. The molecule has 1 amide bonds. The summed E-state index contributed by atoms with van der Waals surface area (Å²) in [5.41, 5.74) is 0.202. The maximum Gasteiger partial charge on any atom is 0.271 e. The maximum absolute atomic E-state index is 12.2. The highest BCUT2D eigenvalue weighted by atomic mass is 79.9. The third-order valence-electron chi connectivity index (χ3n) is 3.76. The fraction of sp³-hybridized carbons (Fsp3) is 0.500. The Morgan fingerprint density at radius 1 is 1.50 bits per heavy atom. The lowest BCUT2D eigenvalue weighted by molar-refractivity contribution is -0.385. The van der Waals surface area contributed by atoms with Gasteiger partial charge in [0.25, 0.3) is 11.6 Å². The molecule has 1 aliphatic heterocycles. The van der Waals surface area contributed by atoms with Crippen molar-refractivity contribution in [1.29, 1.82) is 0 Å². The number of nitrogens with one attached hydrogen (secondary N) is 2. The Morgan fingerprint density at radius 2 is 2.23 bits per heavy atom. The van der Waals surface area contributed by atoms with Gasteiger partial charge in [-0.15, -0.1) is 12.4 Å². The molecule has 1 aromatic rings. The van der Waals surface area contributed by atoms with E-state index in [1.54, 1.807) is 6.07 Å². The molecule has 1 aliphatic rings. The van der Waals surface area contributed by atoms with Crippen LogP contribution < -0.4 is 10.6 Å². The van der Waals surface area contributed by atoms with Crippen LogP contribution in [0.2, 0.25) is 0 Å². The summed E-state index contributed by atoms with van der Waals surface area (Å²) in [6, 6.07) is 4.30. The number of amides is 1. The van der Waals surface area contributed by atoms with Crippen LogP contribution in [-0.2, 0) is 0 Å². The molecule has 1 saturated heterocycles. The summed E-state index contributed by atoms with van der Waals surface area (Å²) in [4.78, 5) is 22.6. The van der Waals surface area contributed by atoms with Gasteiger partial charge < -0.3 is 10.6 Å². The molecule has 1 aromatic carbocycles. The minimum Gasteiger partial charge on any atom is -0.349 e. The number of hydrogen-bond acceptors (Lipinski definition) is 4. The fourth-order valence-corrected chi connectivity index (χ4v) is 3.01. The predicted octanol–water partition coefficient (Wildman–Crippen LogP) is 2.90. The number of nitro benzene ring substituents is 1. The third-order valence-corrected chi connectivity index (χ3v) is 4.21. The molecule has 6 nitrogen and oxygen atoms in total. The molecule has 22 heavy (non-hydrogen) atoms. The summed E-state index contributed by atoms with van der Waals surface area (Å²) in [6.45, 7) is 3.89. The lowest BCUT2D eigenvalue weighted by atomic mass is 9.92. The summed E-state index contributed by atoms with van der Waals surface area (Å²) in [5.74, 6) is 0.113. The fourth-order valence-electron chi connectivity index (χ4n) is 2.52. The van der Waals surface area contributed by atoms with E-state index < -0.39 is 4.92 Å². The predicted molar refractivity (Wildman–Crippen MR) is 90.6 cm³/mol. The SMILES string of the molecule is CC(NC(=O)c1cc(Br)cc([N+](=O)[O-])c1)C1CCCNC1.Cl. The van der Waals surface area contributed by atoms with Gasteiger partial charge in [0.1, 0.15) is 0 Å². The van der Waals surface area contributed by atoms with Crippen LogP contribution in [0.5, 0.6) is 0 Å². The summed E-state index contributed by atoms with van der Waals surface area (Å²) in [5, 5.41) is 17.1. The second kappa shape index (κ2) is 8.45. The molecule has 0 bridgehead atoms. The molecule has 2 N–H and O–H groups in total. The van der Waals surface area contributed by atoms with Gasteiger partial charge in [0.2, 0.25) is 0 Å². The molecule has 0 aromatic heterocycles. The van der Waals surface area contributed by atoms with Crippen LogP contribution in [0, 0.1) is 16.0 Å². The number of nitro groups is 1. The largest absolute Gasteiger partial charge is 0.349 e. The van der Waals surface area contributed by atoms with E-state index >= 15 is 0 Å². The highest BCUT2D eigenvalue weighted by Crippen LogP contribution is 2.22. The molecule has 1 heterocycles. The number of hydrogen-bond donors (Lipinski definition) is 2. The first-order valence-electron chi connectivity index (χ1n) is 6.94. The quantitative estimate of drug-likeness (QED) is 0.609. The Balaban J connectivity index is 0.00000242. The smallest absolute Gasteiger partial charge is 0.271 e. The number of benzene rings is 1. The van der Waals surface area contributed by atoms with Gasteiger partial charge in [-0.25, -0.2) is 0 Å². The normalized spacial score (nSPS) is 18.9. The number of nitrogens with zero attached hydrogens (tertiary/aromatic N) is 1. The van der Waals surface area contributed by atoms with E-state index in [2.05, 4.69) is 26.6 Å². The van der Waals surface area contributed by atoms with Gasteiger partial charge in [-0.05, 0) is 44.8 Å². The van der Waals surface area contributed by atoms with Crippen molar-refractivity contribution in [3.05, 3.63) is 38.3 Å². The number of halogens is 2. The Bertz CT molecular complexity index is 550. The molecule has 2 atom stereocenters. The van der Waals surface area contributed by atoms with Crippen LogP contribution >= 0.6 is 28.3 Å². The lowest BCUT2D eigenvalue weighted by Crippen LogP contribution is -2.44. The molecule has 1 fully saturated rings. The molecule has 0 radical (unpaired) electrons. The zero-order valence-electron chi connectivity index (χ0n) is 12.2. The topological polar surface area (TPSA) is 84.3 Å². The van der Waals surface area contributed by atoms with Crippen molar-refractivity contribution in [3.8, 4) is 0 Å². The molecular weight excluding hydrogens is 374 g/mol. The van der Waals surface area contributed by atoms with Gasteiger partial charge in [0, 0.05) is 28.2 Å². The lowest BCUT2D eigenvalue weighted by Gasteiger charge is -2.28. The molecule has 122 valence electrons. The number of piperidine rings is 1. The van der Waals surface area contributed by atoms with E-state index in [1.807, 2.05) is 6.92 Å². The highest BCUT2D eigenvalue weighted by molar-refractivity contribution is 9.10. The zero-order valence-corrected chi connectivity index (χ0v) is 14.6. The van der Waals surface area contributed by atoms with Gasteiger partial charge >= 0.3 is 0 Å². The number of carbonyl (C=O) groups is 1. The van der Waals surface area contributed by atoms with Crippen molar-refractivity contribution in [2.24, 2.45) is 5.92 Å². The highest BCUT2D eigenvalue weighted by Gasteiger charge is 2.22. The molecule has 8 heteroatoms. The third kappa shape index (κ3) is 4.93. The molecular formula is C14H19BrClN3O3. The van der Waals surface area contributed by atoms with E-state index in [0.717, 1.165) is 25.9 Å². The number of carbonyl (C=O) groups excluding carboxylic acids is 1. The second-order valence-electron chi connectivity index (χ2n) is 5.32. The van der Waals surface area contributed by atoms with Crippen molar-refractivity contribution in [2.45, 2.75) is 25.8 Å². The number of rotatable bonds is 4. The Labute approximate surface area is 143 Å². The monoisotopic (exact) mass is 391 g/mol. The van der Waals surface area contributed by atoms with Gasteiger partial charge in [0.05, 0.1) is 4.92 Å². The van der Waals surface area contributed by atoms with Gasteiger partial charge in [-0.3, -0.25) is 14.9 Å². The summed E-state index contributed by atoms with van der Waals surface area (Å²) in [6.07, 6.45) is 2.18. The minimum absolute atomic E-state index is 0. The zero-order chi connectivity index (χ0) is 15.4. The summed E-state index contributed by atoms with van der Waals surface area (Å²) in [7, 11) is 0. The average molecular weight is 393 g/mol. The van der Waals surface area contributed by atoms with Crippen LogP contribution in [0.3, 0.4) is 0 Å². The molecule has 0 saturated carbocycles. The van der Waals surface area contributed by atoms with Crippen molar-refractivity contribution in [3.63, 3.8) is 0 Å². The molecule has 2 rings (SSSR count). The van der Waals surface area contributed by atoms with Crippen molar-refractivity contribution < 1.29 is 9.72 Å². The summed E-state index contributed by atoms with van der Waals surface area (Å²) >= 11 is 3.20. The van der Waals surface area contributed by atoms with Crippen molar-refractivity contribution >= 4 is 39.9 Å². The Kier molecular flexibility index (Phi) is 7.25. The maximum atomic E-state index is 12.2. The van der Waals surface area contributed by atoms with Crippen molar-refractivity contribution in [2.75, 3.05) is 13.1 Å². The first-order chi connectivity index (χ1) is 9.97. The van der Waals surface area contributed by atoms with Crippen molar-refractivity contribution in [1.82, 2.24) is 10.6 Å². The van der Waals surface area contributed by atoms with Gasteiger partial charge in [-0.1, -0.05) is 15.9 Å². The second-order valence-corrected chi connectivity index (χ2v) is 6.24. The van der Waals surface area contributed by atoms with Crippen LogP contribution in [0.25, 0.3) is 0 Å². The van der Waals surface area contributed by atoms with Crippen LogP contribution in [-0.4, -0.2) is 30.0 Å². The van der Waals surface area contributed by atoms with E-state index in [1.165, 1.54) is 12.1 Å². The van der Waals surface area contributed by atoms with Gasteiger partial charge in [-0.2, -0.15) is 0 Å². The first kappa shape index (κ1) is 18.9. The van der Waals surface area contributed by atoms with E-state index in [0.29, 0.717) is 16.0 Å². The van der Waals surface area contributed by atoms with Gasteiger partial charge in [0.15, 0.2) is 0 Å². The van der Waals surface area contributed by atoms with E-state index in [9.17, 15) is 14.9 Å². The Hall–Kier alpha value is -1.18. The van der Waals surface area contributed by atoms with Crippen LogP contribution in [0.1, 0.15) is 30.1 Å².